The van der Waals surface area contributed by atoms with Crippen molar-refractivity contribution in [1.82, 2.24) is 10.6 Å². The van der Waals surface area contributed by atoms with Crippen LogP contribution in [0.25, 0.3) is 0 Å². The predicted octanol–water partition coefficient (Wildman–Crippen LogP) is 4.10. The van der Waals surface area contributed by atoms with Crippen LogP contribution < -0.4 is 10.6 Å². The lowest BCUT2D eigenvalue weighted by molar-refractivity contribution is -0.287. The number of alkyl halides is 3. The van der Waals surface area contributed by atoms with Gasteiger partial charge in [-0.15, -0.1) is 0 Å². The highest BCUT2D eigenvalue weighted by Gasteiger charge is 2.66. The highest BCUT2D eigenvalue weighted by atomic mass is 35.5. The summed E-state index contributed by atoms with van der Waals surface area (Å²) in [5.74, 6) is -3.20. The van der Waals surface area contributed by atoms with Crippen LogP contribution in [0.1, 0.15) is 22.0 Å². The molecule has 1 saturated heterocycles. The van der Waals surface area contributed by atoms with E-state index in [1.807, 2.05) is 0 Å². The first kappa shape index (κ1) is 20.4. The quantitative estimate of drug-likeness (QED) is 0.638. The van der Waals surface area contributed by atoms with E-state index >= 15 is 0 Å². The number of rotatable bonds is 3. The number of ketones is 1. The second-order valence-electron chi connectivity index (χ2n) is 6.19. The minimum atomic E-state index is -5.34. The molecule has 0 bridgehead atoms. The third-order valence-corrected chi connectivity index (χ3v) is 5.30. The molecule has 3 N–H and O–H groups in total. The number of Topliss-reactive ketones (excluding diaryl/α,β-unsaturated/α-hetero) is 1. The number of halogens is 5. The maximum absolute atomic E-state index is 13.8. The minimum Gasteiger partial charge on any atom is -0.363 e. The first-order valence-electron chi connectivity index (χ1n) is 7.97. The molecule has 1 fully saturated rings. The molecule has 1 heterocycles. The molecule has 0 aromatic heterocycles. The topological polar surface area (TPSA) is 78.4 Å². The summed E-state index contributed by atoms with van der Waals surface area (Å²) in [6.07, 6.45) is -5.34. The van der Waals surface area contributed by atoms with Gasteiger partial charge in [0.25, 0.3) is 0 Å². The van der Waals surface area contributed by atoms with E-state index in [1.165, 1.54) is 47.8 Å². The van der Waals surface area contributed by atoms with E-state index in [4.69, 9.17) is 23.2 Å². The number of hydrogen-bond acceptors (Lipinski definition) is 3. The minimum absolute atomic E-state index is 0.0217. The Morgan fingerprint density at radius 1 is 1.07 bits per heavy atom. The van der Waals surface area contributed by atoms with Crippen LogP contribution >= 0.6 is 23.2 Å². The third kappa shape index (κ3) is 3.43. The van der Waals surface area contributed by atoms with Gasteiger partial charge in [0.15, 0.2) is 5.78 Å². The molecule has 148 valence electrons. The van der Waals surface area contributed by atoms with Crippen LogP contribution in [-0.2, 0) is 0 Å². The molecule has 0 aliphatic carbocycles. The zero-order valence-corrected chi connectivity index (χ0v) is 15.4. The molecule has 0 saturated carbocycles. The zero-order valence-electron chi connectivity index (χ0n) is 13.9. The molecule has 2 amide bonds. The molecule has 3 unspecified atom stereocenters. The van der Waals surface area contributed by atoms with Gasteiger partial charge in [-0.3, -0.25) is 4.79 Å². The summed E-state index contributed by atoms with van der Waals surface area (Å²) in [5.41, 5.74) is -3.92. The molecule has 1 aliphatic heterocycles. The largest absolute Gasteiger partial charge is 0.437 e. The molecule has 28 heavy (non-hydrogen) atoms. The van der Waals surface area contributed by atoms with Crippen molar-refractivity contribution in [2.24, 2.45) is 5.92 Å². The van der Waals surface area contributed by atoms with Gasteiger partial charge in [-0.05, 0) is 11.6 Å². The van der Waals surface area contributed by atoms with Crippen molar-refractivity contribution < 1.29 is 27.9 Å². The van der Waals surface area contributed by atoms with Gasteiger partial charge < -0.3 is 15.7 Å². The fraction of sp³-hybridized carbons (Fsp3) is 0.222. The summed E-state index contributed by atoms with van der Waals surface area (Å²) >= 11 is 12.1. The van der Waals surface area contributed by atoms with E-state index < -0.39 is 35.7 Å². The first-order chi connectivity index (χ1) is 13.1. The van der Waals surface area contributed by atoms with E-state index in [0.717, 1.165) is 0 Å². The van der Waals surface area contributed by atoms with Gasteiger partial charge in [0.1, 0.15) is 5.92 Å². The van der Waals surface area contributed by atoms with Gasteiger partial charge in [-0.2, -0.15) is 13.2 Å². The molecule has 3 rings (SSSR count). The van der Waals surface area contributed by atoms with Crippen LogP contribution in [0, 0.1) is 5.92 Å². The number of nitrogens with one attached hydrogen (secondary N) is 2. The molecule has 3 atom stereocenters. The second-order valence-corrected chi connectivity index (χ2v) is 6.98. The fourth-order valence-corrected chi connectivity index (χ4v) is 3.57. The maximum Gasteiger partial charge on any atom is 0.437 e. The third-order valence-electron chi connectivity index (χ3n) is 4.46. The van der Waals surface area contributed by atoms with Crippen molar-refractivity contribution in [3.63, 3.8) is 0 Å². The van der Waals surface area contributed by atoms with Crippen LogP contribution in [0.15, 0.2) is 48.5 Å². The molecule has 10 heteroatoms. The van der Waals surface area contributed by atoms with Crippen LogP contribution in [0.4, 0.5) is 18.0 Å². The lowest BCUT2D eigenvalue weighted by atomic mass is 9.77. The van der Waals surface area contributed by atoms with Gasteiger partial charge in [0.05, 0.1) is 16.1 Å². The number of aliphatic hydroxyl groups is 1. The van der Waals surface area contributed by atoms with Crippen molar-refractivity contribution in [1.29, 1.82) is 0 Å². The van der Waals surface area contributed by atoms with Crippen molar-refractivity contribution in [3.05, 3.63) is 69.7 Å². The summed E-state index contributed by atoms with van der Waals surface area (Å²) in [7, 11) is 0. The second kappa shape index (κ2) is 7.27. The number of amides is 2. The molecule has 2 aromatic rings. The normalized spacial score (nSPS) is 25.0. The molecule has 5 nitrogen and oxygen atoms in total. The monoisotopic (exact) mass is 432 g/mol. The standard InChI is InChI=1S/C18H13Cl2F3N2O3/c19-11-8-4-7-10(13(11)20)14-12(15(26)9-5-2-1-3-6-9)17(28,18(21,22)23)25-16(27)24-14/h1-8,12,14,28H,(H2,24,25,27). The summed E-state index contributed by atoms with van der Waals surface area (Å²) in [5, 5.41) is 14.1. The highest BCUT2D eigenvalue weighted by Crippen LogP contribution is 2.45. The Morgan fingerprint density at radius 3 is 2.32 bits per heavy atom. The predicted molar refractivity (Wildman–Crippen MR) is 96.1 cm³/mol. The van der Waals surface area contributed by atoms with E-state index in [2.05, 4.69) is 5.32 Å². The number of hydrogen-bond donors (Lipinski definition) is 3. The van der Waals surface area contributed by atoms with Gasteiger partial charge in [0, 0.05) is 5.56 Å². The summed E-state index contributed by atoms with van der Waals surface area (Å²) in [6.45, 7) is 0. The Kier molecular flexibility index (Phi) is 5.31. The van der Waals surface area contributed by atoms with E-state index in [0.29, 0.717) is 0 Å². The first-order valence-corrected chi connectivity index (χ1v) is 8.73. The van der Waals surface area contributed by atoms with Crippen molar-refractivity contribution >= 4 is 35.0 Å². The lowest BCUT2D eigenvalue weighted by Crippen LogP contribution is -2.72. The Bertz CT molecular complexity index is 924. The summed E-state index contributed by atoms with van der Waals surface area (Å²) in [4.78, 5) is 25.0. The molecular formula is C18H13Cl2F3N2O3. The van der Waals surface area contributed by atoms with Gasteiger partial charge >= 0.3 is 12.2 Å². The number of benzene rings is 2. The highest BCUT2D eigenvalue weighted by molar-refractivity contribution is 6.42. The van der Waals surface area contributed by atoms with Crippen LogP contribution in [0.2, 0.25) is 10.0 Å². The van der Waals surface area contributed by atoms with Gasteiger partial charge in [-0.1, -0.05) is 65.7 Å². The van der Waals surface area contributed by atoms with Gasteiger partial charge in [-0.25, -0.2) is 4.79 Å². The van der Waals surface area contributed by atoms with Crippen molar-refractivity contribution in [3.8, 4) is 0 Å². The van der Waals surface area contributed by atoms with Crippen molar-refractivity contribution in [2.75, 3.05) is 0 Å². The Morgan fingerprint density at radius 2 is 1.71 bits per heavy atom. The average molecular weight is 433 g/mol. The Hall–Kier alpha value is -2.29. The molecule has 2 aromatic carbocycles. The van der Waals surface area contributed by atoms with E-state index in [1.54, 1.807) is 6.07 Å². The fourth-order valence-electron chi connectivity index (χ4n) is 3.14. The Labute approximate surface area is 167 Å². The number of carbonyl (C=O) groups excluding carboxylic acids is 2. The average Bonchev–Trinajstić information content (AvgIpc) is 2.63. The molecule has 0 spiro atoms. The van der Waals surface area contributed by atoms with E-state index in [9.17, 15) is 27.9 Å². The van der Waals surface area contributed by atoms with Crippen LogP contribution in [0.3, 0.4) is 0 Å². The van der Waals surface area contributed by atoms with Gasteiger partial charge in [0.2, 0.25) is 5.72 Å². The molecule has 0 radical (unpaired) electrons. The van der Waals surface area contributed by atoms with Crippen LogP contribution in [-0.4, -0.2) is 28.8 Å². The maximum atomic E-state index is 13.8. The number of carbonyl (C=O) groups is 2. The number of urea groups is 1. The SMILES string of the molecule is O=C1NC(c2cccc(Cl)c2Cl)C(C(=O)c2ccccc2)C(O)(C(F)(F)F)N1. The van der Waals surface area contributed by atoms with Crippen LogP contribution in [0.5, 0.6) is 0 Å². The van der Waals surface area contributed by atoms with Crippen molar-refractivity contribution in [2.45, 2.75) is 17.9 Å². The summed E-state index contributed by atoms with van der Waals surface area (Å²) in [6, 6.07) is 8.39. The zero-order chi connectivity index (χ0) is 20.7. The van der Waals surface area contributed by atoms with E-state index in [-0.39, 0.29) is 21.2 Å². The summed E-state index contributed by atoms with van der Waals surface area (Å²) < 4.78 is 41.4. The molecular weight excluding hydrogens is 420 g/mol. The molecule has 1 aliphatic rings. The lowest BCUT2D eigenvalue weighted by Gasteiger charge is -2.45. The Balaban J connectivity index is 2.22. The smallest absolute Gasteiger partial charge is 0.363 e.